The molecule has 2 rings (SSSR count). The van der Waals surface area contributed by atoms with Crippen molar-refractivity contribution in [1.29, 1.82) is 0 Å². The fourth-order valence-corrected chi connectivity index (χ4v) is 3.32. The summed E-state index contributed by atoms with van der Waals surface area (Å²) in [6, 6.07) is 11.6. The third-order valence-electron chi connectivity index (χ3n) is 4.68. The minimum atomic E-state index is -0.0160. The summed E-state index contributed by atoms with van der Waals surface area (Å²) in [5.41, 5.74) is 1.37. The molecule has 1 saturated heterocycles. The van der Waals surface area contributed by atoms with Crippen LogP contribution in [0.5, 0.6) is 0 Å². The van der Waals surface area contributed by atoms with Crippen molar-refractivity contribution in [3.05, 3.63) is 35.9 Å². The second-order valence-electron chi connectivity index (χ2n) is 6.91. The fourth-order valence-electron chi connectivity index (χ4n) is 3.32. The molecule has 0 bridgehead atoms. The molecule has 2 unspecified atom stereocenters. The van der Waals surface area contributed by atoms with Gasteiger partial charge in [0.25, 0.3) is 0 Å². The normalized spacial score (nSPS) is 20.5. The molecule has 1 aromatic rings. The summed E-state index contributed by atoms with van der Waals surface area (Å²) in [6.07, 6.45) is 2.20. The van der Waals surface area contributed by atoms with Gasteiger partial charge in [-0.15, -0.1) is 24.0 Å². The van der Waals surface area contributed by atoms with E-state index < -0.39 is 0 Å². The Labute approximate surface area is 180 Å². The summed E-state index contributed by atoms with van der Waals surface area (Å²) in [6.45, 7) is 9.97. The predicted octanol–water partition coefficient (Wildman–Crippen LogP) is 2.35. The van der Waals surface area contributed by atoms with Gasteiger partial charge in [0.2, 0.25) is 5.91 Å². The molecule has 1 aliphatic rings. The highest BCUT2D eigenvalue weighted by Crippen LogP contribution is 2.19. The van der Waals surface area contributed by atoms with E-state index in [1.807, 2.05) is 0 Å². The molecule has 1 aromatic carbocycles. The van der Waals surface area contributed by atoms with Gasteiger partial charge in [0.1, 0.15) is 0 Å². The van der Waals surface area contributed by atoms with Gasteiger partial charge in [-0.25, -0.2) is 0 Å². The maximum Gasteiger partial charge on any atom is 0.216 e. The summed E-state index contributed by atoms with van der Waals surface area (Å²) >= 11 is 0. The average molecular weight is 487 g/mol. The van der Waals surface area contributed by atoms with E-state index in [-0.39, 0.29) is 29.9 Å². The van der Waals surface area contributed by atoms with Gasteiger partial charge >= 0.3 is 0 Å². The highest BCUT2D eigenvalue weighted by Gasteiger charge is 2.25. The number of carbonyl (C=O) groups excluding carboxylic acids is 1. The summed E-state index contributed by atoms with van der Waals surface area (Å²) in [5, 5.41) is 9.63. The van der Waals surface area contributed by atoms with Crippen LogP contribution in [0.4, 0.5) is 0 Å². The number of guanidine groups is 1. The number of amides is 1. The maximum atomic E-state index is 10.9. The lowest BCUT2D eigenvalue weighted by molar-refractivity contribution is -0.118. The Morgan fingerprint density at radius 1 is 1.26 bits per heavy atom. The monoisotopic (exact) mass is 487 g/mol. The Morgan fingerprint density at radius 3 is 2.63 bits per heavy atom. The fraction of sp³-hybridized carbons (Fsp3) is 0.600. The van der Waals surface area contributed by atoms with E-state index in [1.54, 1.807) is 0 Å². The summed E-state index contributed by atoms with van der Waals surface area (Å²) < 4.78 is 0. The van der Waals surface area contributed by atoms with Crippen molar-refractivity contribution < 1.29 is 4.79 Å². The number of aliphatic imine (C=N–C) groups is 1. The zero-order valence-corrected chi connectivity index (χ0v) is 19.0. The van der Waals surface area contributed by atoms with Crippen LogP contribution in [0.25, 0.3) is 0 Å². The van der Waals surface area contributed by atoms with E-state index in [1.165, 1.54) is 12.5 Å². The van der Waals surface area contributed by atoms with Gasteiger partial charge in [0.05, 0.1) is 6.54 Å². The Kier molecular flexibility index (Phi) is 11.3. The first kappa shape index (κ1) is 23.7. The van der Waals surface area contributed by atoms with Crippen molar-refractivity contribution in [2.45, 2.75) is 52.2 Å². The molecule has 0 radical (unpaired) electrons. The number of halogens is 1. The number of carbonyl (C=O) groups is 1. The number of hydrogen-bond donors (Lipinski definition) is 3. The first-order valence-corrected chi connectivity index (χ1v) is 9.65. The third-order valence-corrected chi connectivity index (χ3v) is 4.68. The molecule has 0 aromatic heterocycles. The Balaban J connectivity index is 0.00000364. The first-order valence-electron chi connectivity index (χ1n) is 9.65. The second-order valence-corrected chi connectivity index (χ2v) is 6.91. The maximum absolute atomic E-state index is 10.9. The molecule has 0 saturated carbocycles. The molecular weight excluding hydrogens is 453 g/mol. The van der Waals surface area contributed by atoms with Gasteiger partial charge in [-0.05, 0) is 32.3 Å². The smallest absolute Gasteiger partial charge is 0.216 e. The molecule has 3 N–H and O–H groups in total. The van der Waals surface area contributed by atoms with Gasteiger partial charge in [-0.3, -0.25) is 14.7 Å². The highest BCUT2D eigenvalue weighted by atomic mass is 127. The largest absolute Gasteiger partial charge is 0.357 e. The first-order chi connectivity index (χ1) is 12.6. The minimum absolute atomic E-state index is 0. The van der Waals surface area contributed by atoms with Crippen LogP contribution in [0.3, 0.4) is 0 Å². The van der Waals surface area contributed by atoms with Gasteiger partial charge in [0.15, 0.2) is 5.96 Å². The third kappa shape index (κ3) is 8.92. The number of benzene rings is 1. The lowest BCUT2D eigenvalue weighted by Gasteiger charge is -2.38. The number of nitrogens with zero attached hydrogens (tertiary/aromatic N) is 2. The lowest BCUT2D eigenvalue weighted by atomic mass is 9.97. The molecule has 0 aliphatic carbocycles. The average Bonchev–Trinajstić information content (AvgIpc) is 2.62. The molecule has 7 heteroatoms. The molecule has 6 nitrogen and oxygen atoms in total. The summed E-state index contributed by atoms with van der Waals surface area (Å²) in [7, 11) is 0. The van der Waals surface area contributed by atoms with Gasteiger partial charge in [-0.1, -0.05) is 30.3 Å². The van der Waals surface area contributed by atoms with Crippen LogP contribution >= 0.6 is 24.0 Å². The minimum Gasteiger partial charge on any atom is -0.357 e. The number of nitrogens with one attached hydrogen (secondary N) is 3. The Morgan fingerprint density at radius 2 is 2.00 bits per heavy atom. The standard InChI is InChI=1S/C20H33N5O.HI/c1-4-21-20(23-12-11-22-17(3)26)24-19-10-13-25(16(2)14-19)15-18-8-6-5-7-9-18;/h5-9,16,19H,4,10-15H2,1-3H3,(H,22,26)(H2,21,23,24);1H. The predicted molar refractivity (Wildman–Crippen MR) is 123 cm³/mol. The second kappa shape index (κ2) is 12.9. The van der Waals surface area contributed by atoms with Gasteiger partial charge in [-0.2, -0.15) is 0 Å². The molecule has 1 heterocycles. The topological polar surface area (TPSA) is 68.8 Å². The van der Waals surface area contributed by atoms with Crippen LogP contribution in [0.15, 0.2) is 35.3 Å². The van der Waals surface area contributed by atoms with Gasteiger partial charge < -0.3 is 16.0 Å². The molecule has 1 aliphatic heterocycles. The van der Waals surface area contributed by atoms with Crippen molar-refractivity contribution in [2.24, 2.45) is 4.99 Å². The lowest BCUT2D eigenvalue weighted by Crippen LogP contribution is -2.51. The van der Waals surface area contributed by atoms with Crippen LogP contribution in [0.1, 0.15) is 39.2 Å². The highest BCUT2D eigenvalue weighted by molar-refractivity contribution is 14.0. The number of piperidine rings is 1. The SMILES string of the molecule is CCNC(=NCCNC(C)=O)NC1CCN(Cc2ccccc2)C(C)C1.I. The Bertz CT molecular complexity index is 581. The number of hydrogen-bond acceptors (Lipinski definition) is 3. The van der Waals surface area contributed by atoms with Crippen LogP contribution < -0.4 is 16.0 Å². The summed E-state index contributed by atoms with van der Waals surface area (Å²) in [4.78, 5) is 18.0. The van der Waals surface area contributed by atoms with Crippen LogP contribution in [0, 0.1) is 0 Å². The van der Waals surface area contributed by atoms with Crippen molar-refractivity contribution in [3.8, 4) is 0 Å². The van der Waals surface area contributed by atoms with E-state index in [0.717, 1.165) is 38.4 Å². The van der Waals surface area contributed by atoms with Crippen LogP contribution in [0.2, 0.25) is 0 Å². The van der Waals surface area contributed by atoms with Crippen molar-refractivity contribution in [3.63, 3.8) is 0 Å². The van der Waals surface area contributed by atoms with Crippen molar-refractivity contribution >= 4 is 35.8 Å². The summed E-state index contributed by atoms with van der Waals surface area (Å²) in [5.74, 6) is 0.823. The zero-order chi connectivity index (χ0) is 18.8. The molecule has 1 fully saturated rings. The van der Waals surface area contributed by atoms with E-state index in [4.69, 9.17) is 0 Å². The van der Waals surface area contributed by atoms with E-state index in [2.05, 4.69) is 70.0 Å². The van der Waals surface area contributed by atoms with E-state index in [0.29, 0.717) is 25.2 Å². The molecule has 2 atom stereocenters. The molecular formula is C20H34IN5O. The molecule has 1 amide bonds. The molecule has 0 spiro atoms. The Hall–Kier alpha value is -1.35. The quantitative estimate of drug-likeness (QED) is 0.239. The van der Waals surface area contributed by atoms with E-state index >= 15 is 0 Å². The van der Waals surface area contributed by atoms with Crippen LogP contribution in [-0.2, 0) is 11.3 Å². The van der Waals surface area contributed by atoms with E-state index in [9.17, 15) is 4.79 Å². The van der Waals surface area contributed by atoms with Crippen LogP contribution in [-0.4, -0.2) is 55.0 Å². The van der Waals surface area contributed by atoms with Gasteiger partial charge in [0, 0.05) is 45.2 Å². The zero-order valence-electron chi connectivity index (χ0n) is 16.7. The van der Waals surface area contributed by atoms with Crippen molar-refractivity contribution in [1.82, 2.24) is 20.9 Å². The molecule has 27 heavy (non-hydrogen) atoms. The number of likely N-dealkylation sites (tertiary alicyclic amines) is 1. The molecule has 152 valence electrons. The number of rotatable bonds is 7. The van der Waals surface area contributed by atoms with Crippen molar-refractivity contribution in [2.75, 3.05) is 26.2 Å².